The summed E-state index contributed by atoms with van der Waals surface area (Å²) >= 11 is 1.05. The van der Waals surface area contributed by atoms with Gasteiger partial charge in [-0.2, -0.15) is 5.26 Å². The van der Waals surface area contributed by atoms with Gasteiger partial charge in [-0.15, -0.1) is 0 Å². The standard InChI is InChI=1S/C11H13N3O3S/c1-3-14(6-4-5-12)11-13-8(10(16)17)9(18-11)7(2)15/h3-4,6H2,1-2H3,(H,16,17). The molecule has 0 atom stereocenters. The van der Waals surface area contributed by atoms with Crippen LogP contribution in [0.25, 0.3) is 0 Å². The number of hydrogen-bond acceptors (Lipinski definition) is 6. The molecule has 1 rings (SSSR count). The lowest BCUT2D eigenvalue weighted by Crippen LogP contribution is -2.23. The van der Waals surface area contributed by atoms with E-state index < -0.39 is 5.97 Å². The zero-order chi connectivity index (χ0) is 13.7. The first-order valence-electron chi connectivity index (χ1n) is 5.38. The smallest absolute Gasteiger partial charge is 0.356 e. The second-order valence-electron chi connectivity index (χ2n) is 3.52. The van der Waals surface area contributed by atoms with Crippen LogP contribution in [-0.4, -0.2) is 34.9 Å². The van der Waals surface area contributed by atoms with Gasteiger partial charge in [-0.1, -0.05) is 11.3 Å². The fourth-order valence-electron chi connectivity index (χ4n) is 1.40. The molecule has 1 aromatic heterocycles. The summed E-state index contributed by atoms with van der Waals surface area (Å²) in [6, 6.07) is 2.02. The predicted molar refractivity (Wildman–Crippen MR) is 67.2 cm³/mol. The highest BCUT2D eigenvalue weighted by atomic mass is 32.1. The molecule has 96 valence electrons. The maximum Gasteiger partial charge on any atom is 0.356 e. The summed E-state index contributed by atoms with van der Waals surface area (Å²) in [5, 5.41) is 18.0. The molecule has 1 N–H and O–H groups in total. The van der Waals surface area contributed by atoms with Crippen LogP contribution in [0, 0.1) is 11.3 Å². The van der Waals surface area contributed by atoms with Crippen molar-refractivity contribution < 1.29 is 14.7 Å². The molecule has 0 saturated carbocycles. The summed E-state index contributed by atoms with van der Waals surface area (Å²) in [7, 11) is 0. The van der Waals surface area contributed by atoms with Gasteiger partial charge < -0.3 is 10.0 Å². The topological polar surface area (TPSA) is 94.3 Å². The Hall–Kier alpha value is -1.94. The van der Waals surface area contributed by atoms with Crippen molar-refractivity contribution >= 4 is 28.2 Å². The zero-order valence-corrected chi connectivity index (χ0v) is 11.0. The highest BCUT2D eigenvalue weighted by Crippen LogP contribution is 2.27. The number of ketones is 1. The molecular formula is C11H13N3O3S. The van der Waals surface area contributed by atoms with Gasteiger partial charge in [0.2, 0.25) is 0 Å². The molecule has 0 aliphatic carbocycles. The van der Waals surface area contributed by atoms with E-state index in [9.17, 15) is 9.59 Å². The van der Waals surface area contributed by atoms with Gasteiger partial charge in [-0.25, -0.2) is 9.78 Å². The molecule has 0 saturated heterocycles. The number of hydrogen-bond donors (Lipinski definition) is 1. The van der Waals surface area contributed by atoms with Crippen molar-refractivity contribution in [1.82, 2.24) is 4.98 Å². The first-order valence-corrected chi connectivity index (χ1v) is 6.19. The first-order chi connectivity index (χ1) is 8.51. The lowest BCUT2D eigenvalue weighted by molar-refractivity contribution is 0.0687. The highest BCUT2D eigenvalue weighted by Gasteiger charge is 2.22. The maximum atomic E-state index is 11.3. The molecule has 0 radical (unpaired) electrons. The van der Waals surface area contributed by atoms with E-state index in [0.29, 0.717) is 24.6 Å². The Kier molecular flexibility index (Phi) is 4.80. The van der Waals surface area contributed by atoms with Crippen LogP contribution < -0.4 is 4.90 Å². The molecule has 0 fully saturated rings. The number of Topliss-reactive ketones (excluding diaryl/α,β-unsaturated/α-hetero) is 1. The highest BCUT2D eigenvalue weighted by molar-refractivity contribution is 7.17. The third kappa shape index (κ3) is 3.05. The number of carbonyl (C=O) groups is 2. The Morgan fingerprint density at radius 1 is 1.56 bits per heavy atom. The van der Waals surface area contributed by atoms with Crippen molar-refractivity contribution in [2.45, 2.75) is 20.3 Å². The molecule has 1 aromatic rings. The monoisotopic (exact) mass is 267 g/mol. The van der Waals surface area contributed by atoms with Crippen LogP contribution in [-0.2, 0) is 0 Å². The van der Waals surface area contributed by atoms with Gasteiger partial charge in [0, 0.05) is 20.0 Å². The van der Waals surface area contributed by atoms with Gasteiger partial charge in [0.25, 0.3) is 0 Å². The van der Waals surface area contributed by atoms with Crippen LogP contribution in [0.4, 0.5) is 5.13 Å². The minimum Gasteiger partial charge on any atom is -0.476 e. The van der Waals surface area contributed by atoms with Crippen molar-refractivity contribution in [3.8, 4) is 6.07 Å². The number of carboxylic acids is 1. The fraction of sp³-hybridized carbons (Fsp3) is 0.455. The number of thiazole rings is 1. The molecule has 0 bridgehead atoms. The number of carboxylic acid groups (broad SMARTS) is 1. The SMILES string of the molecule is CCN(CCC#N)c1nc(C(=O)O)c(C(C)=O)s1. The summed E-state index contributed by atoms with van der Waals surface area (Å²) in [4.78, 5) is 28.2. The Labute approximate surface area is 108 Å². The molecule has 1 heterocycles. The number of aromatic nitrogens is 1. The third-order valence-corrected chi connectivity index (χ3v) is 3.50. The van der Waals surface area contributed by atoms with Crippen LogP contribution in [0.1, 0.15) is 40.4 Å². The Bertz CT molecular complexity index is 473. The van der Waals surface area contributed by atoms with Crippen LogP contribution in [0.15, 0.2) is 0 Å². The largest absolute Gasteiger partial charge is 0.476 e. The van der Waals surface area contributed by atoms with E-state index in [1.165, 1.54) is 6.92 Å². The van der Waals surface area contributed by atoms with Crippen LogP contribution in [0.5, 0.6) is 0 Å². The molecule has 7 heteroatoms. The van der Waals surface area contributed by atoms with Gasteiger partial charge >= 0.3 is 5.97 Å². The number of nitrogens with zero attached hydrogens (tertiary/aromatic N) is 3. The number of carbonyl (C=O) groups excluding carboxylic acids is 1. The lowest BCUT2D eigenvalue weighted by atomic mass is 10.3. The Morgan fingerprint density at radius 2 is 2.22 bits per heavy atom. The molecule has 6 nitrogen and oxygen atoms in total. The summed E-state index contributed by atoms with van der Waals surface area (Å²) < 4.78 is 0. The van der Waals surface area contributed by atoms with Crippen molar-refractivity contribution in [1.29, 1.82) is 5.26 Å². The van der Waals surface area contributed by atoms with Gasteiger partial charge in [-0.05, 0) is 6.92 Å². The van der Waals surface area contributed by atoms with E-state index in [2.05, 4.69) is 4.98 Å². The van der Waals surface area contributed by atoms with Gasteiger partial charge in [0.05, 0.1) is 12.5 Å². The van der Waals surface area contributed by atoms with Gasteiger partial charge in [0.1, 0.15) is 4.88 Å². The fourth-order valence-corrected chi connectivity index (χ4v) is 2.44. The molecule has 18 heavy (non-hydrogen) atoms. The summed E-state index contributed by atoms with van der Waals surface area (Å²) in [6.07, 6.45) is 0.325. The van der Waals surface area contributed by atoms with Crippen molar-refractivity contribution in [2.75, 3.05) is 18.0 Å². The average molecular weight is 267 g/mol. The number of anilines is 1. The first kappa shape index (κ1) is 14.1. The van der Waals surface area contributed by atoms with Crippen molar-refractivity contribution in [3.63, 3.8) is 0 Å². The molecule has 0 amide bonds. The van der Waals surface area contributed by atoms with Crippen LogP contribution in [0.2, 0.25) is 0 Å². The van der Waals surface area contributed by atoms with E-state index in [1.807, 2.05) is 13.0 Å². The van der Waals surface area contributed by atoms with Crippen LogP contribution in [0.3, 0.4) is 0 Å². The third-order valence-electron chi connectivity index (χ3n) is 2.28. The van der Waals surface area contributed by atoms with E-state index in [0.717, 1.165) is 11.3 Å². The van der Waals surface area contributed by atoms with Gasteiger partial charge in [-0.3, -0.25) is 4.79 Å². The second-order valence-corrected chi connectivity index (χ2v) is 4.50. The molecule has 0 aliphatic heterocycles. The minimum atomic E-state index is -1.21. The van der Waals surface area contributed by atoms with E-state index in [1.54, 1.807) is 4.90 Å². The zero-order valence-electron chi connectivity index (χ0n) is 10.1. The maximum absolute atomic E-state index is 11.3. The molecule has 0 aromatic carbocycles. The summed E-state index contributed by atoms with van der Waals surface area (Å²) in [5.41, 5.74) is -0.210. The quantitative estimate of drug-likeness (QED) is 0.789. The van der Waals surface area contributed by atoms with E-state index in [4.69, 9.17) is 10.4 Å². The number of rotatable bonds is 6. The minimum absolute atomic E-state index is 0.146. The van der Waals surface area contributed by atoms with Crippen molar-refractivity contribution in [2.24, 2.45) is 0 Å². The molecular weight excluding hydrogens is 254 g/mol. The number of nitriles is 1. The van der Waals surface area contributed by atoms with Gasteiger partial charge in [0.15, 0.2) is 16.6 Å². The Balaban J connectivity index is 3.10. The van der Waals surface area contributed by atoms with Crippen molar-refractivity contribution in [3.05, 3.63) is 10.6 Å². The molecule has 0 unspecified atom stereocenters. The van der Waals surface area contributed by atoms with E-state index in [-0.39, 0.29) is 16.4 Å². The Morgan fingerprint density at radius 3 is 2.61 bits per heavy atom. The normalized spacial score (nSPS) is 9.83. The molecule has 0 spiro atoms. The van der Waals surface area contributed by atoms with Crippen LogP contribution >= 0.6 is 11.3 Å². The van der Waals surface area contributed by atoms with E-state index >= 15 is 0 Å². The number of aromatic carboxylic acids is 1. The summed E-state index contributed by atoms with van der Waals surface area (Å²) in [6.45, 7) is 4.27. The summed E-state index contributed by atoms with van der Waals surface area (Å²) in [5.74, 6) is -1.52. The lowest BCUT2D eigenvalue weighted by Gasteiger charge is -2.17. The predicted octanol–water partition coefficient (Wildman–Crippen LogP) is 1.78. The average Bonchev–Trinajstić information content (AvgIpc) is 2.75. The second kappa shape index (κ2) is 6.12. The molecule has 0 aliphatic rings.